The van der Waals surface area contributed by atoms with Crippen molar-refractivity contribution >= 4 is 47.2 Å². The highest BCUT2D eigenvalue weighted by molar-refractivity contribution is 14.0. The van der Waals surface area contributed by atoms with E-state index >= 15 is 0 Å². The fraction of sp³-hybridized carbons (Fsp3) is 0.500. The maximum absolute atomic E-state index is 12.4. The first-order valence-electron chi connectivity index (χ1n) is 9.66. The number of aliphatic imine (C=N–C) groups is 1. The maximum atomic E-state index is 12.4. The average molecular weight is 531 g/mol. The summed E-state index contributed by atoms with van der Waals surface area (Å²) in [6.45, 7) is 6.41. The Morgan fingerprint density at radius 1 is 1.24 bits per heavy atom. The Balaban J connectivity index is 0.00000300. The van der Waals surface area contributed by atoms with Crippen molar-refractivity contribution in [2.24, 2.45) is 4.99 Å². The third-order valence-electron chi connectivity index (χ3n) is 4.84. The van der Waals surface area contributed by atoms with Crippen molar-refractivity contribution in [1.29, 1.82) is 0 Å². The largest absolute Gasteiger partial charge is 0.459 e. The Hall–Kier alpha value is -1.59. The number of likely N-dealkylation sites (N-methyl/N-ethyl adjacent to an activating group) is 1. The number of thiophene rings is 1. The molecule has 2 aromatic heterocycles. The van der Waals surface area contributed by atoms with E-state index in [2.05, 4.69) is 53.6 Å². The van der Waals surface area contributed by atoms with E-state index in [9.17, 15) is 4.79 Å². The number of carbonyl (C=O) groups excluding carboxylic acids is 1. The molecule has 0 aromatic carbocycles. The first-order chi connectivity index (χ1) is 13.6. The molecular weight excluding hydrogens is 501 g/mol. The molecule has 1 aliphatic heterocycles. The van der Waals surface area contributed by atoms with E-state index in [1.807, 2.05) is 4.90 Å². The monoisotopic (exact) mass is 531 g/mol. The van der Waals surface area contributed by atoms with Gasteiger partial charge in [0.25, 0.3) is 5.91 Å². The van der Waals surface area contributed by atoms with Crippen molar-refractivity contribution in [3.63, 3.8) is 0 Å². The summed E-state index contributed by atoms with van der Waals surface area (Å²) >= 11 is 1.76. The second kappa shape index (κ2) is 11.6. The number of amides is 1. The van der Waals surface area contributed by atoms with Crippen molar-refractivity contribution in [3.05, 3.63) is 46.5 Å². The summed E-state index contributed by atoms with van der Waals surface area (Å²) in [6, 6.07) is 7.97. The van der Waals surface area contributed by atoms with Crippen LogP contribution in [0.15, 0.2) is 45.3 Å². The molecule has 1 unspecified atom stereocenters. The number of nitrogens with zero attached hydrogens (tertiary/aromatic N) is 4. The van der Waals surface area contributed by atoms with E-state index in [-0.39, 0.29) is 35.9 Å². The van der Waals surface area contributed by atoms with Crippen molar-refractivity contribution < 1.29 is 9.21 Å². The Labute approximate surface area is 193 Å². The van der Waals surface area contributed by atoms with E-state index in [1.165, 1.54) is 11.1 Å². The molecular formula is C20H30IN5O2S. The highest BCUT2D eigenvalue weighted by Gasteiger charge is 2.25. The van der Waals surface area contributed by atoms with Gasteiger partial charge in [0.2, 0.25) is 0 Å². The number of furan rings is 1. The smallest absolute Gasteiger partial charge is 0.289 e. The Morgan fingerprint density at radius 2 is 1.97 bits per heavy atom. The lowest BCUT2D eigenvalue weighted by Gasteiger charge is -2.36. The lowest BCUT2D eigenvalue weighted by molar-refractivity contribution is 0.0657. The second-order valence-corrected chi connectivity index (χ2v) is 7.93. The van der Waals surface area contributed by atoms with Crippen molar-refractivity contribution in [1.82, 2.24) is 20.0 Å². The lowest BCUT2D eigenvalue weighted by atomic mass is 10.2. The van der Waals surface area contributed by atoms with Crippen LogP contribution in [0, 0.1) is 0 Å². The average Bonchev–Trinajstić information content (AvgIpc) is 3.41. The van der Waals surface area contributed by atoms with Crippen molar-refractivity contribution in [3.8, 4) is 0 Å². The summed E-state index contributed by atoms with van der Waals surface area (Å²) in [6.07, 6.45) is 1.54. The normalized spacial score (nSPS) is 15.9. The molecule has 0 spiro atoms. The minimum Gasteiger partial charge on any atom is -0.459 e. The van der Waals surface area contributed by atoms with Gasteiger partial charge in [-0.25, -0.2) is 0 Å². The van der Waals surface area contributed by atoms with Gasteiger partial charge in [-0.05, 0) is 44.6 Å². The fourth-order valence-electron chi connectivity index (χ4n) is 3.26. The first kappa shape index (κ1) is 23.7. The quantitative estimate of drug-likeness (QED) is 0.353. The molecule has 1 amide bonds. The van der Waals surface area contributed by atoms with Crippen LogP contribution >= 0.6 is 35.3 Å². The minimum atomic E-state index is -0.0445. The molecule has 7 nitrogen and oxygen atoms in total. The number of hydrogen-bond acceptors (Lipinski definition) is 5. The second-order valence-electron chi connectivity index (χ2n) is 6.95. The van der Waals surface area contributed by atoms with Crippen LogP contribution in [-0.2, 0) is 0 Å². The van der Waals surface area contributed by atoms with Gasteiger partial charge < -0.3 is 24.4 Å². The molecule has 9 heteroatoms. The highest BCUT2D eigenvalue weighted by atomic mass is 127. The van der Waals surface area contributed by atoms with E-state index < -0.39 is 0 Å². The Kier molecular flexibility index (Phi) is 9.44. The van der Waals surface area contributed by atoms with Crippen LogP contribution < -0.4 is 5.32 Å². The van der Waals surface area contributed by atoms with Crippen LogP contribution in [0.3, 0.4) is 0 Å². The van der Waals surface area contributed by atoms with Crippen LogP contribution in [0.4, 0.5) is 0 Å². The molecule has 3 rings (SSSR count). The van der Waals surface area contributed by atoms with Gasteiger partial charge in [0.15, 0.2) is 11.7 Å². The number of rotatable bonds is 6. The molecule has 29 heavy (non-hydrogen) atoms. The summed E-state index contributed by atoms with van der Waals surface area (Å²) in [5, 5.41) is 5.51. The van der Waals surface area contributed by atoms with Gasteiger partial charge in [-0.3, -0.25) is 9.79 Å². The fourth-order valence-corrected chi connectivity index (χ4v) is 4.18. The topological polar surface area (TPSA) is 64.3 Å². The molecule has 0 aliphatic carbocycles. The zero-order chi connectivity index (χ0) is 19.9. The number of piperazine rings is 1. The predicted molar refractivity (Wildman–Crippen MR) is 128 cm³/mol. The third kappa shape index (κ3) is 6.19. The molecule has 0 bridgehead atoms. The molecule has 2 aromatic rings. The van der Waals surface area contributed by atoms with Crippen molar-refractivity contribution in [2.45, 2.75) is 13.0 Å². The van der Waals surface area contributed by atoms with Crippen molar-refractivity contribution in [2.75, 3.05) is 53.4 Å². The SMILES string of the molecule is CCNC(=NCC(c1cccs1)N(C)C)N1CCN(C(=O)c2ccco2)CC1.I. The molecule has 1 fully saturated rings. The van der Waals surface area contributed by atoms with Crippen LogP contribution in [0.5, 0.6) is 0 Å². The Bertz CT molecular complexity index is 756. The third-order valence-corrected chi connectivity index (χ3v) is 5.82. The summed E-state index contributed by atoms with van der Waals surface area (Å²) in [5.41, 5.74) is 0. The van der Waals surface area contributed by atoms with Crippen LogP contribution in [-0.4, -0.2) is 79.9 Å². The van der Waals surface area contributed by atoms with E-state index in [1.54, 1.807) is 23.5 Å². The number of nitrogens with one attached hydrogen (secondary N) is 1. The van der Waals surface area contributed by atoms with E-state index in [4.69, 9.17) is 9.41 Å². The standard InChI is InChI=1S/C20H29N5O2S.HI/c1-4-21-20(22-15-16(23(2)3)18-8-6-14-28-18)25-11-9-24(10-12-25)19(26)17-7-5-13-27-17;/h5-8,13-14,16H,4,9-12,15H2,1-3H3,(H,21,22);1H. The predicted octanol–water partition coefficient (Wildman–Crippen LogP) is 2.99. The van der Waals surface area contributed by atoms with Gasteiger partial charge in [0.05, 0.1) is 18.8 Å². The van der Waals surface area contributed by atoms with E-state index in [0.717, 1.165) is 25.6 Å². The first-order valence-corrected chi connectivity index (χ1v) is 10.5. The lowest BCUT2D eigenvalue weighted by Crippen LogP contribution is -2.53. The minimum absolute atomic E-state index is 0. The molecule has 160 valence electrons. The molecule has 1 N–H and O–H groups in total. The van der Waals surface area contributed by atoms with Gasteiger partial charge >= 0.3 is 0 Å². The molecule has 1 saturated heterocycles. The van der Waals surface area contributed by atoms with Gasteiger partial charge in [-0.1, -0.05) is 6.07 Å². The van der Waals surface area contributed by atoms with Crippen LogP contribution in [0.25, 0.3) is 0 Å². The van der Waals surface area contributed by atoms with Crippen LogP contribution in [0.1, 0.15) is 28.4 Å². The number of hydrogen-bond donors (Lipinski definition) is 1. The highest BCUT2D eigenvalue weighted by Crippen LogP contribution is 2.23. The number of halogens is 1. The van der Waals surface area contributed by atoms with Gasteiger partial charge in [0, 0.05) is 37.6 Å². The Morgan fingerprint density at radius 3 is 2.52 bits per heavy atom. The van der Waals surface area contributed by atoms with Gasteiger partial charge in [-0.2, -0.15) is 0 Å². The zero-order valence-electron chi connectivity index (χ0n) is 17.2. The molecule has 0 radical (unpaired) electrons. The summed E-state index contributed by atoms with van der Waals surface area (Å²) in [7, 11) is 4.18. The summed E-state index contributed by atoms with van der Waals surface area (Å²) in [5.74, 6) is 1.27. The number of carbonyl (C=O) groups is 1. The van der Waals surface area contributed by atoms with Crippen LogP contribution in [0.2, 0.25) is 0 Å². The zero-order valence-corrected chi connectivity index (χ0v) is 20.4. The van der Waals surface area contributed by atoms with Gasteiger partial charge in [-0.15, -0.1) is 35.3 Å². The molecule has 1 atom stereocenters. The molecule has 3 heterocycles. The number of guanidine groups is 1. The molecule has 1 aliphatic rings. The molecule has 0 saturated carbocycles. The maximum Gasteiger partial charge on any atom is 0.289 e. The van der Waals surface area contributed by atoms with E-state index in [0.29, 0.717) is 25.4 Å². The van der Waals surface area contributed by atoms with Gasteiger partial charge in [0.1, 0.15) is 0 Å². The summed E-state index contributed by atoms with van der Waals surface area (Å²) < 4.78 is 5.24. The summed E-state index contributed by atoms with van der Waals surface area (Å²) in [4.78, 5) is 25.0.